The lowest BCUT2D eigenvalue weighted by Crippen LogP contribution is -2.62. The van der Waals surface area contributed by atoms with Crippen molar-refractivity contribution in [2.24, 2.45) is 0 Å². The van der Waals surface area contributed by atoms with Gasteiger partial charge in [0.2, 0.25) is 5.91 Å². The highest BCUT2D eigenvalue weighted by atomic mass is 16.2. The molecule has 2 atom stereocenters. The van der Waals surface area contributed by atoms with Gasteiger partial charge in [0.15, 0.2) is 0 Å². The van der Waals surface area contributed by atoms with Crippen LogP contribution in [0.1, 0.15) is 32.3 Å². The van der Waals surface area contributed by atoms with Crippen molar-refractivity contribution in [2.75, 3.05) is 11.4 Å². The topological polar surface area (TPSA) is 40.6 Å². The molecule has 0 aliphatic carbocycles. The van der Waals surface area contributed by atoms with Gasteiger partial charge in [-0.05, 0) is 43.9 Å². The Bertz CT molecular complexity index is 538. The molecule has 4 nitrogen and oxygen atoms in total. The van der Waals surface area contributed by atoms with Gasteiger partial charge in [-0.1, -0.05) is 19.1 Å². The molecule has 20 heavy (non-hydrogen) atoms. The molecule has 2 amide bonds. The Morgan fingerprint density at radius 2 is 1.85 bits per heavy atom. The molecule has 0 aromatic heterocycles. The smallest absolute Gasteiger partial charge is 0.250 e. The van der Waals surface area contributed by atoms with E-state index in [2.05, 4.69) is 6.92 Å². The van der Waals surface area contributed by atoms with Crippen molar-refractivity contribution >= 4 is 17.5 Å². The van der Waals surface area contributed by atoms with Gasteiger partial charge >= 0.3 is 0 Å². The molecule has 2 fully saturated rings. The zero-order valence-corrected chi connectivity index (χ0v) is 12.0. The molecule has 0 N–H and O–H groups in total. The number of nitrogens with zero attached hydrogens (tertiary/aromatic N) is 2. The predicted molar refractivity (Wildman–Crippen MR) is 77.5 cm³/mol. The van der Waals surface area contributed by atoms with Gasteiger partial charge in [0.25, 0.3) is 5.91 Å². The molecule has 0 radical (unpaired) electrons. The number of carbonyl (C=O) groups excluding carboxylic acids is 2. The molecule has 0 spiro atoms. The molecule has 4 heteroatoms. The summed E-state index contributed by atoms with van der Waals surface area (Å²) in [5.41, 5.74) is 2.07. The number of aryl methyl sites for hydroxylation is 1. The Balaban J connectivity index is 1.94. The van der Waals surface area contributed by atoms with Gasteiger partial charge in [0, 0.05) is 12.2 Å². The minimum Gasteiger partial charge on any atom is -0.329 e. The molecular formula is C16H20N2O2. The second kappa shape index (κ2) is 4.93. The highest BCUT2D eigenvalue weighted by Gasteiger charge is 2.46. The summed E-state index contributed by atoms with van der Waals surface area (Å²) in [6.45, 7) is 4.65. The molecule has 1 aromatic carbocycles. The number of fused-ring (bicyclic) bond motifs is 1. The van der Waals surface area contributed by atoms with Gasteiger partial charge < -0.3 is 4.90 Å². The third-order valence-corrected chi connectivity index (χ3v) is 4.43. The summed E-state index contributed by atoms with van der Waals surface area (Å²) in [5, 5.41) is 0. The second-order valence-corrected chi connectivity index (χ2v) is 5.59. The Kier molecular flexibility index (Phi) is 3.24. The molecule has 1 aromatic rings. The summed E-state index contributed by atoms with van der Waals surface area (Å²) >= 11 is 0. The molecule has 2 unspecified atom stereocenters. The van der Waals surface area contributed by atoms with Crippen LogP contribution in [0.3, 0.4) is 0 Å². The van der Waals surface area contributed by atoms with Crippen molar-refractivity contribution < 1.29 is 9.59 Å². The predicted octanol–water partition coefficient (Wildman–Crippen LogP) is 1.98. The monoisotopic (exact) mass is 272 g/mol. The lowest BCUT2D eigenvalue weighted by Gasteiger charge is -2.40. The Hall–Kier alpha value is -1.84. The van der Waals surface area contributed by atoms with Gasteiger partial charge in [-0.15, -0.1) is 0 Å². The van der Waals surface area contributed by atoms with Gasteiger partial charge in [-0.3, -0.25) is 14.5 Å². The molecule has 106 valence electrons. The van der Waals surface area contributed by atoms with Crippen molar-refractivity contribution in [1.82, 2.24) is 4.90 Å². The molecule has 2 heterocycles. The third kappa shape index (κ3) is 1.90. The lowest BCUT2D eigenvalue weighted by molar-refractivity contribution is -0.143. The van der Waals surface area contributed by atoms with E-state index in [0.29, 0.717) is 0 Å². The maximum atomic E-state index is 12.6. The normalized spacial score (nSPS) is 26.1. The number of hydrogen-bond acceptors (Lipinski definition) is 2. The van der Waals surface area contributed by atoms with Crippen molar-refractivity contribution in [3.63, 3.8) is 0 Å². The van der Waals surface area contributed by atoms with E-state index in [1.165, 1.54) is 5.56 Å². The van der Waals surface area contributed by atoms with Crippen LogP contribution in [0, 0.1) is 0 Å². The number of amides is 2. The van der Waals surface area contributed by atoms with E-state index in [1.54, 1.807) is 9.80 Å². The summed E-state index contributed by atoms with van der Waals surface area (Å²) in [4.78, 5) is 28.5. The maximum Gasteiger partial charge on any atom is 0.250 e. The fraction of sp³-hybridized carbons (Fsp3) is 0.500. The van der Waals surface area contributed by atoms with E-state index in [0.717, 1.165) is 31.5 Å². The molecule has 3 rings (SSSR count). The fourth-order valence-electron chi connectivity index (χ4n) is 3.23. The van der Waals surface area contributed by atoms with Crippen LogP contribution in [-0.4, -0.2) is 35.3 Å². The van der Waals surface area contributed by atoms with Gasteiger partial charge in [-0.25, -0.2) is 0 Å². The van der Waals surface area contributed by atoms with E-state index in [1.807, 2.05) is 31.2 Å². The summed E-state index contributed by atoms with van der Waals surface area (Å²) in [6, 6.07) is 7.31. The standard InChI is InChI=1S/C16H20N2O2/c1-3-12-6-8-13(9-7-12)18-11(2)15(19)17-10-4-5-14(17)16(18)20/h6-9,11,14H,3-5,10H2,1-2H3. The average molecular weight is 272 g/mol. The number of hydrogen-bond donors (Lipinski definition) is 0. The fourth-order valence-corrected chi connectivity index (χ4v) is 3.23. The molecule has 2 saturated heterocycles. The molecular weight excluding hydrogens is 252 g/mol. The highest BCUT2D eigenvalue weighted by molar-refractivity contribution is 6.08. The van der Waals surface area contributed by atoms with E-state index in [-0.39, 0.29) is 17.9 Å². The van der Waals surface area contributed by atoms with E-state index in [4.69, 9.17) is 0 Å². The summed E-state index contributed by atoms with van der Waals surface area (Å²) < 4.78 is 0. The molecule has 2 aliphatic heterocycles. The van der Waals surface area contributed by atoms with Crippen LogP contribution in [0.5, 0.6) is 0 Å². The van der Waals surface area contributed by atoms with Crippen molar-refractivity contribution in [1.29, 1.82) is 0 Å². The number of rotatable bonds is 2. The number of anilines is 1. The minimum atomic E-state index is -0.399. The van der Waals surface area contributed by atoms with Crippen LogP contribution >= 0.6 is 0 Å². The Labute approximate surface area is 119 Å². The van der Waals surface area contributed by atoms with E-state index < -0.39 is 6.04 Å². The summed E-state index contributed by atoms with van der Waals surface area (Å²) in [6.07, 6.45) is 2.69. The Morgan fingerprint density at radius 1 is 1.15 bits per heavy atom. The van der Waals surface area contributed by atoms with E-state index >= 15 is 0 Å². The minimum absolute atomic E-state index is 0.0684. The Morgan fingerprint density at radius 3 is 2.50 bits per heavy atom. The summed E-state index contributed by atoms with van der Waals surface area (Å²) in [5.74, 6) is 0.144. The first kappa shape index (κ1) is 13.2. The zero-order valence-electron chi connectivity index (χ0n) is 12.0. The van der Waals surface area contributed by atoms with Crippen LogP contribution in [0.2, 0.25) is 0 Å². The number of piperazine rings is 1. The van der Waals surface area contributed by atoms with Crippen LogP contribution in [0.25, 0.3) is 0 Å². The molecule has 0 bridgehead atoms. The van der Waals surface area contributed by atoms with Crippen molar-refractivity contribution in [3.05, 3.63) is 29.8 Å². The summed E-state index contributed by atoms with van der Waals surface area (Å²) in [7, 11) is 0. The van der Waals surface area contributed by atoms with Crippen LogP contribution in [0.15, 0.2) is 24.3 Å². The van der Waals surface area contributed by atoms with Crippen molar-refractivity contribution in [2.45, 2.75) is 45.2 Å². The maximum absolute atomic E-state index is 12.6. The van der Waals surface area contributed by atoms with Crippen LogP contribution in [0.4, 0.5) is 5.69 Å². The van der Waals surface area contributed by atoms with Crippen LogP contribution < -0.4 is 4.90 Å². The number of benzene rings is 1. The largest absolute Gasteiger partial charge is 0.329 e. The molecule has 2 aliphatic rings. The second-order valence-electron chi connectivity index (χ2n) is 5.59. The van der Waals surface area contributed by atoms with Gasteiger partial charge in [-0.2, -0.15) is 0 Å². The zero-order chi connectivity index (χ0) is 14.3. The average Bonchev–Trinajstić information content (AvgIpc) is 2.96. The first-order valence-electron chi connectivity index (χ1n) is 7.36. The van der Waals surface area contributed by atoms with Crippen LogP contribution in [-0.2, 0) is 16.0 Å². The van der Waals surface area contributed by atoms with E-state index in [9.17, 15) is 9.59 Å². The quantitative estimate of drug-likeness (QED) is 0.826. The first-order chi connectivity index (χ1) is 9.63. The molecule has 0 saturated carbocycles. The lowest BCUT2D eigenvalue weighted by atomic mass is 10.0. The van der Waals surface area contributed by atoms with Gasteiger partial charge in [0.05, 0.1) is 0 Å². The highest BCUT2D eigenvalue weighted by Crippen LogP contribution is 2.30. The van der Waals surface area contributed by atoms with Crippen molar-refractivity contribution in [3.8, 4) is 0 Å². The number of carbonyl (C=O) groups is 2. The van der Waals surface area contributed by atoms with Gasteiger partial charge in [0.1, 0.15) is 12.1 Å². The first-order valence-corrected chi connectivity index (χ1v) is 7.36. The third-order valence-electron chi connectivity index (χ3n) is 4.43. The SMILES string of the molecule is CCc1ccc(N2C(=O)C3CCCN3C(=O)C2C)cc1.